The molecule has 0 aliphatic rings. The molecular formula is C15H16O4. The fraction of sp³-hybridized carbons (Fsp3) is 0.267. The number of rotatable bonds is 6. The van der Waals surface area contributed by atoms with E-state index >= 15 is 0 Å². The summed E-state index contributed by atoms with van der Waals surface area (Å²) in [6, 6.07) is 8.75. The monoisotopic (exact) mass is 260 g/mol. The summed E-state index contributed by atoms with van der Waals surface area (Å²) < 4.78 is 15.6. The highest BCUT2D eigenvalue weighted by atomic mass is 16.5. The molecule has 0 radical (unpaired) electrons. The second-order valence-electron chi connectivity index (χ2n) is 4.08. The molecule has 100 valence electrons. The Balaban J connectivity index is 1.94. The highest BCUT2D eigenvalue weighted by Gasteiger charge is 2.08. The van der Waals surface area contributed by atoms with E-state index in [1.54, 1.807) is 36.8 Å². The lowest BCUT2D eigenvalue weighted by Gasteiger charge is -2.07. The van der Waals surface area contributed by atoms with E-state index < -0.39 is 0 Å². The molecule has 19 heavy (non-hydrogen) atoms. The lowest BCUT2D eigenvalue weighted by molar-refractivity contribution is 0.0471. The molecule has 2 aromatic rings. The summed E-state index contributed by atoms with van der Waals surface area (Å²) in [6.45, 7) is 2.87. The first-order valence-corrected chi connectivity index (χ1v) is 6.20. The average molecular weight is 260 g/mol. The molecular weight excluding hydrogens is 244 g/mol. The Morgan fingerprint density at radius 2 is 2.21 bits per heavy atom. The number of carbonyl (C=O) groups is 1. The Hall–Kier alpha value is -2.23. The zero-order valence-corrected chi connectivity index (χ0v) is 10.8. The first-order valence-electron chi connectivity index (χ1n) is 6.20. The van der Waals surface area contributed by atoms with E-state index in [1.807, 2.05) is 13.0 Å². The van der Waals surface area contributed by atoms with Crippen molar-refractivity contribution >= 4 is 5.97 Å². The SMILES string of the molecule is CCCOc1cccc(C(=O)OCc2ccoc2)c1. The van der Waals surface area contributed by atoms with Crippen molar-refractivity contribution in [3.8, 4) is 5.75 Å². The highest BCUT2D eigenvalue weighted by molar-refractivity contribution is 5.89. The van der Waals surface area contributed by atoms with Crippen molar-refractivity contribution < 1.29 is 18.7 Å². The number of furan rings is 1. The molecule has 0 saturated carbocycles. The summed E-state index contributed by atoms with van der Waals surface area (Å²) in [5.74, 6) is 0.308. The fourth-order valence-corrected chi connectivity index (χ4v) is 1.54. The maximum Gasteiger partial charge on any atom is 0.338 e. The molecule has 0 fully saturated rings. The third-order valence-corrected chi connectivity index (χ3v) is 2.49. The van der Waals surface area contributed by atoms with E-state index in [4.69, 9.17) is 13.9 Å². The number of hydrogen-bond donors (Lipinski definition) is 0. The summed E-state index contributed by atoms with van der Waals surface area (Å²) in [6.07, 6.45) is 4.02. The van der Waals surface area contributed by atoms with Crippen molar-refractivity contribution in [2.45, 2.75) is 20.0 Å². The van der Waals surface area contributed by atoms with Gasteiger partial charge < -0.3 is 13.9 Å². The van der Waals surface area contributed by atoms with Crippen molar-refractivity contribution in [3.05, 3.63) is 54.0 Å². The Kier molecular flexibility index (Phi) is 4.61. The average Bonchev–Trinajstić information content (AvgIpc) is 2.96. The largest absolute Gasteiger partial charge is 0.494 e. The number of ether oxygens (including phenoxy) is 2. The van der Waals surface area contributed by atoms with Gasteiger partial charge in [-0.1, -0.05) is 13.0 Å². The zero-order chi connectivity index (χ0) is 13.5. The van der Waals surface area contributed by atoms with Crippen LogP contribution in [0.5, 0.6) is 5.75 Å². The van der Waals surface area contributed by atoms with E-state index in [0.717, 1.165) is 12.0 Å². The summed E-state index contributed by atoms with van der Waals surface area (Å²) in [5, 5.41) is 0. The predicted octanol–water partition coefficient (Wildman–Crippen LogP) is 3.43. The van der Waals surface area contributed by atoms with Crippen molar-refractivity contribution in [3.63, 3.8) is 0 Å². The van der Waals surface area contributed by atoms with E-state index in [9.17, 15) is 4.79 Å². The third-order valence-electron chi connectivity index (χ3n) is 2.49. The minimum absolute atomic E-state index is 0.204. The van der Waals surface area contributed by atoms with Gasteiger partial charge in [-0.15, -0.1) is 0 Å². The van der Waals surface area contributed by atoms with Crippen LogP contribution in [-0.4, -0.2) is 12.6 Å². The van der Waals surface area contributed by atoms with Crippen molar-refractivity contribution in [1.29, 1.82) is 0 Å². The molecule has 0 N–H and O–H groups in total. The van der Waals surface area contributed by atoms with Crippen molar-refractivity contribution in [1.82, 2.24) is 0 Å². The number of carbonyl (C=O) groups excluding carboxylic acids is 1. The molecule has 1 aromatic heterocycles. The Labute approximate surface area is 111 Å². The van der Waals surface area contributed by atoms with Crippen LogP contribution in [0.15, 0.2) is 47.3 Å². The third kappa shape index (κ3) is 3.88. The van der Waals surface area contributed by atoms with Crippen LogP contribution in [-0.2, 0) is 11.3 Å². The topological polar surface area (TPSA) is 48.7 Å². The van der Waals surface area contributed by atoms with Gasteiger partial charge in [0.2, 0.25) is 0 Å². The van der Waals surface area contributed by atoms with E-state index in [-0.39, 0.29) is 12.6 Å². The number of hydrogen-bond acceptors (Lipinski definition) is 4. The minimum atomic E-state index is -0.372. The fourth-order valence-electron chi connectivity index (χ4n) is 1.54. The zero-order valence-electron chi connectivity index (χ0n) is 10.8. The van der Waals surface area contributed by atoms with Crippen molar-refractivity contribution in [2.75, 3.05) is 6.61 Å². The van der Waals surface area contributed by atoms with Crippen LogP contribution in [0.4, 0.5) is 0 Å². The first-order chi connectivity index (χ1) is 9.29. The second kappa shape index (κ2) is 6.64. The van der Waals surface area contributed by atoms with Gasteiger partial charge in [0.05, 0.1) is 24.7 Å². The normalized spacial score (nSPS) is 10.2. The summed E-state index contributed by atoms with van der Waals surface area (Å²) >= 11 is 0. The van der Waals surface area contributed by atoms with Crippen LogP contribution >= 0.6 is 0 Å². The van der Waals surface area contributed by atoms with Gasteiger partial charge in [-0.05, 0) is 30.7 Å². The molecule has 0 spiro atoms. The first kappa shape index (κ1) is 13.2. The van der Waals surface area contributed by atoms with Crippen LogP contribution in [0.25, 0.3) is 0 Å². The highest BCUT2D eigenvalue weighted by Crippen LogP contribution is 2.15. The molecule has 4 heteroatoms. The van der Waals surface area contributed by atoms with Crippen molar-refractivity contribution in [2.24, 2.45) is 0 Å². The van der Waals surface area contributed by atoms with E-state index in [1.165, 1.54) is 0 Å². The minimum Gasteiger partial charge on any atom is -0.494 e. The van der Waals surface area contributed by atoms with E-state index in [2.05, 4.69) is 0 Å². The predicted molar refractivity (Wildman–Crippen MR) is 70.1 cm³/mol. The van der Waals surface area contributed by atoms with Crippen LogP contribution in [0.2, 0.25) is 0 Å². The van der Waals surface area contributed by atoms with Gasteiger partial charge >= 0.3 is 5.97 Å². The lowest BCUT2D eigenvalue weighted by atomic mass is 10.2. The van der Waals surface area contributed by atoms with Gasteiger partial charge in [0.15, 0.2) is 0 Å². The maximum atomic E-state index is 11.9. The molecule has 0 bridgehead atoms. The van der Waals surface area contributed by atoms with Gasteiger partial charge in [-0.2, -0.15) is 0 Å². The molecule has 1 aromatic carbocycles. The number of benzene rings is 1. The molecule has 2 rings (SSSR count). The molecule has 4 nitrogen and oxygen atoms in total. The smallest absolute Gasteiger partial charge is 0.338 e. The van der Waals surface area contributed by atoms with Gasteiger partial charge in [0.25, 0.3) is 0 Å². The molecule has 0 atom stereocenters. The summed E-state index contributed by atoms with van der Waals surface area (Å²) in [4.78, 5) is 11.9. The summed E-state index contributed by atoms with van der Waals surface area (Å²) in [5.41, 5.74) is 1.31. The molecule has 0 aliphatic carbocycles. The van der Waals surface area contributed by atoms with Crippen LogP contribution in [0, 0.1) is 0 Å². The standard InChI is InChI=1S/C15H16O4/c1-2-7-18-14-5-3-4-13(9-14)15(16)19-11-12-6-8-17-10-12/h3-6,8-10H,2,7,11H2,1H3. The van der Waals surface area contributed by atoms with Crippen LogP contribution in [0.3, 0.4) is 0 Å². The maximum absolute atomic E-state index is 11.9. The molecule has 0 amide bonds. The molecule has 0 aliphatic heterocycles. The molecule has 0 unspecified atom stereocenters. The van der Waals surface area contributed by atoms with Gasteiger partial charge in [-0.3, -0.25) is 0 Å². The van der Waals surface area contributed by atoms with Gasteiger partial charge in [0, 0.05) is 5.56 Å². The lowest BCUT2D eigenvalue weighted by Crippen LogP contribution is -2.05. The van der Waals surface area contributed by atoms with Gasteiger partial charge in [0.1, 0.15) is 12.4 Å². The summed E-state index contributed by atoms with van der Waals surface area (Å²) in [7, 11) is 0. The Morgan fingerprint density at radius 3 is 2.95 bits per heavy atom. The number of esters is 1. The quantitative estimate of drug-likeness (QED) is 0.747. The molecule has 1 heterocycles. The van der Waals surface area contributed by atoms with Gasteiger partial charge in [-0.25, -0.2) is 4.79 Å². The second-order valence-corrected chi connectivity index (χ2v) is 4.08. The Bertz CT molecular complexity index is 517. The van der Waals surface area contributed by atoms with E-state index in [0.29, 0.717) is 17.9 Å². The molecule has 0 saturated heterocycles. The Morgan fingerprint density at radius 1 is 1.32 bits per heavy atom. The van der Waals surface area contributed by atoms with Crippen LogP contribution in [0.1, 0.15) is 29.3 Å². The van der Waals surface area contributed by atoms with Crippen LogP contribution < -0.4 is 4.74 Å².